The van der Waals surface area contributed by atoms with Gasteiger partial charge in [-0.1, -0.05) is 30.3 Å². The molecule has 3 aromatic rings. The van der Waals surface area contributed by atoms with Gasteiger partial charge in [-0.3, -0.25) is 14.9 Å². The van der Waals surface area contributed by atoms with Gasteiger partial charge in [0.1, 0.15) is 0 Å². The van der Waals surface area contributed by atoms with E-state index in [0.29, 0.717) is 10.8 Å². The normalized spacial score (nSPS) is 10.3. The summed E-state index contributed by atoms with van der Waals surface area (Å²) in [5.41, 5.74) is 2.40. The number of aromatic nitrogens is 1. The van der Waals surface area contributed by atoms with E-state index in [1.807, 2.05) is 30.3 Å². The maximum absolute atomic E-state index is 12.0. The van der Waals surface area contributed by atoms with E-state index in [2.05, 4.69) is 10.3 Å². The molecule has 7 heteroatoms. The summed E-state index contributed by atoms with van der Waals surface area (Å²) >= 11 is 1.32. The molecule has 0 spiro atoms. The number of hydrogen-bond acceptors (Lipinski definition) is 5. The topological polar surface area (TPSA) is 85.1 Å². The van der Waals surface area contributed by atoms with Crippen LogP contribution in [-0.4, -0.2) is 15.8 Å². The van der Waals surface area contributed by atoms with Gasteiger partial charge in [-0.2, -0.15) is 0 Å². The van der Waals surface area contributed by atoms with Crippen LogP contribution in [-0.2, 0) is 11.2 Å². The average Bonchev–Trinajstić information content (AvgIpc) is 3.04. The van der Waals surface area contributed by atoms with Crippen molar-refractivity contribution in [3.63, 3.8) is 0 Å². The van der Waals surface area contributed by atoms with Gasteiger partial charge in [-0.15, -0.1) is 11.3 Å². The number of carbonyl (C=O) groups excluding carboxylic acids is 1. The van der Waals surface area contributed by atoms with Gasteiger partial charge in [0.2, 0.25) is 5.91 Å². The van der Waals surface area contributed by atoms with Crippen LogP contribution in [0.2, 0.25) is 0 Å². The molecule has 1 heterocycles. The number of nitrogens with one attached hydrogen (secondary N) is 1. The highest BCUT2D eigenvalue weighted by molar-refractivity contribution is 7.14. The van der Waals surface area contributed by atoms with Crippen molar-refractivity contribution in [3.05, 3.63) is 75.7 Å². The summed E-state index contributed by atoms with van der Waals surface area (Å²) in [4.78, 5) is 26.6. The van der Waals surface area contributed by atoms with Crippen molar-refractivity contribution in [2.45, 2.75) is 6.42 Å². The second-order valence-electron chi connectivity index (χ2n) is 5.05. The number of carbonyl (C=O) groups is 1. The first kappa shape index (κ1) is 15.8. The average molecular weight is 339 g/mol. The first-order valence-electron chi connectivity index (χ1n) is 7.16. The lowest BCUT2D eigenvalue weighted by atomic mass is 10.1. The van der Waals surface area contributed by atoms with E-state index in [1.54, 1.807) is 17.5 Å². The molecule has 1 amide bonds. The summed E-state index contributed by atoms with van der Waals surface area (Å²) in [6.45, 7) is 0. The van der Waals surface area contributed by atoms with E-state index in [-0.39, 0.29) is 18.0 Å². The summed E-state index contributed by atoms with van der Waals surface area (Å²) in [5.74, 6) is -0.134. The van der Waals surface area contributed by atoms with E-state index >= 15 is 0 Å². The molecule has 120 valence electrons. The smallest absolute Gasteiger partial charge is 0.269 e. The highest BCUT2D eigenvalue weighted by Gasteiger charge is 2.10. The van der Waals surface area contributed by atoms with Gasteiger partial charge in [-0.05, 0) is 17.7 Å². The zero-order valence-electron chi connectivity index (χ0n) is 12.5. The molecule has 0 saturated heterocycles. The van der Waals surface area contributed by atoms with Gasteiger partial charge in [0, 0.05) is 23.1 Å². The zero-order valence-corrected chi connectivity index (χ0v) is 13.3. The van der Waals surface area contributed by atoms with Crippen molar-refractivity contribution in [2.75, 3.05) is 5.32 Å². The summed E-state index contributed by atoms with van der Waals surface area (Å²) in [6.07, 6.45) is 0.285. The third-order valence-corrected chi connectivity index (χ3v) is 4.09. The van der Waals surface area contributed by atoms with Crippen LogP contribution in [0.3, 0.4) is 0 Å². The Kier molecular flexibility index (Phi) is 4.62. The third-order valence-electron chi connectivity index (χ3n) is 3.33. The number of non-ortho nitro benzene ring substituents is 1. The second-order valence-corrected chi connectivity index (χ2v) is 5.91. The van der Waals surface area contributed by atoms with Crippen LogP contribution in [0.25, 0.3) is 11.3 Å². The lowest BCUT2D eigenvalue weighted by molar-refractivity contribution is -0.384. The number of nitrogens with zero attached hydrogens (tertiary/aromatic N) is 2. The van der Waals surface area contributed by atoms with E-state index < -0.39 is 4.92 Å². The summed E-state index contributed by atoms with van der Waals surface area (Å²) in [7, 11) is 0. The quantitative estimate of drug-likeness (QED) is 0.564. The van der Waals surface area contributed by atoms with Crippen molar-refractivity contribution in [2.24, 2.45) is 0 Å². The Balaban J connectivity index is 1.67. The lowest BCUT2D eigenvalue weighted by Crippen LogP contribution is -2.14. The van der Waals surface area contributed by atoms with Crippen LogP contribution >= 0.6 is 11.3 Å². The largest absolute Gasteiger partial charge is 0.302 e. The number of thiazole rings is 1. The molecule has 1 N–H and O–H groups in total. The number of amides is 1. The molecule has 0 saturated carbocycles. The summed E-state index contributed by atoms with van der Waals surface area (Å²) < 4.78 is 0. The number of hydrogen-bond donors (Lipinski definition) is 1. The molecule has 0 unspecified atom stereocenters. The fourth-order valence-corrected chi connectivity index (χ4v) is 2.90. The molecular weight excluding hydrogens is 326 g/mol. The molecule has 0 bridgehead atoms. The molecule has 24 heavy (non-hydrogen) atoms. The minimum Gasteiger partial charge on any atom is -0.302 e. The van der Waals surface area contributed by atoms with Crippen LogP contribution in [0.15, 0.2) is 60.0 Å². The van der Waals surface area contributed by atoms with Gasteiger partial charge in [0.05, 0.1) is 17.0 Å². The number of nitro groups is 1. The Morgan fingerprint density at radius 1 is 1.12 bits per heavy atom. The van der Waals surface area contributed by atoms with Gasteiger partial charge in [0.15, 0.2) is 5.13 Å². The van der Waals surface area contributed by atoms with Crippen molar-refractivity contribution >= 4 is 28.1 Å². The van der Waals surface area contributed by atoms with E-state index in [9.17, 15) is 14.9 Å². The first-order chi connectivity index (χ1) is 11.6. The molecule has 2 aromatic carbocycles. The molecule has 3 rings (SSSR count). The fourth-order valence-electron chi connectivity index (χ4n) is 2.16. The van der Waals surface area contributed by atoms with E-state index in [0.717, 1.165) is 11.1 Å². The molecule has 0 aliphatic heterocycles. The van der Waals surface area contributed by atoms with Crippen LogP contribution in [0.1, 0.15) is 5.56 Å². The van der Waals surface area contributed by atoms with Gasteiger partial charge in [-0.25, -0.2) is 4.98 Å². The predicted octanol–water partition coefficient (Wildman–Crippen LogP) is 3.90. The Bertz CT molecular complexity index is 860. The molecule has 0 fully saturated rings. The minimum atomic E-state index is -0.444. The zero-order chi connectivity index (χ0) is 16.9. The predicted molar refractivity (Wildman–Crippen MR) is 93.0 cm³/mol. The molecule has 6 nitrogen and oxygen atoms in total. The molecule has 1 aromatic heterocycles. The molecule has 0 aliphatic rings. The van der Waals surface area contributed by atoms with Crippen LogP contribution in [0.4, 0.5) is 10.8 Å². The van der Waals surface area contributed by atoms with Crippen molar-refractivity contribution in [1.29, 1.82) is 0 Å². The molecule has 0 aliphatic carbocycles. The summed E-state index contributed by atoms with van der Waals surface area (Å²) in [5, 5.41) is 15.7. The second kappa shape index (κ2) is 7.01. The standard InChI is InChI=1S/C17H13N3O3S/c21-16(10-12-4-2-1-3-5-12)19-17-18-15(11-24-17)13-6-8-14(9-7-13)20(22)23/h1-9,11H,10H2,(H,18,19,21). The molecule has 0 atom stereocenters. The highest BCUT2D eigenvalue weighted by atomic mass is 32.1. The molecule has 0 radical (unpaired) electrons. The van der Waals surface area contributed by atoms with E-state index in [4.69, 9.17) is 0 Å². The highest BCUT2D eigenvalue weighted by Crippen LogP contribution is 2.26. The Hall–Kier alpha value is -3.06. The Labute approximate surface area is 141 Å². The third kappa shape index (κ3) is 3.82. The van der Waals surface area contributed by atoms with Crippen LogP contribution in [0, 0.1) is 10.1 Å². The van der Waals surface area contributed by atoms with Gasteiger partial charge in [0.25, 0.3) is 5.69 Å². The van der Waals surface area contributed by atoms with E-state index in [1.165, 1.54) is 23.5 Å². The number of anilines is 1. The van der Waals surface area contributed by atoms with Gasteiger partial charge >= 0.3 is 0 Å². The maximum atomic E-state index is 12.0. The number of nitro benzene ring substituents is 1. The van der Waals surface area contributed by atoms with Crippen molar-refractivity contribution in [1.82, 2.24) is 4.98 Å². The number of rotatable bonds is 5. The van der Waals surface area contributed by atoms with Crippen LogP contribution < -0.4 is 5.32 Å². The minimum absolute atomic E-state index is 0.0327. The lowest BCUT2D eigenvalue weighted by Gasteiger charge is -2.01. The van der Waals surface area contributed by atoms with Crippen LogP contribution in [0.5, 0.6) is 0 Å². The van der Waals surface area contributed by atoms with Gasteiger partial charge < -0.3 is 5.32 Å². The number of benzene rings is 2. The Morgan fingerprint density at radius 2 is 1.83 bits per heavy atom. The molecular formula is C17H13N3O3S. The van der Waals surface area contributed by atoms with Crippen molar-refractivity contribution in [3.8, 4) is 11.3 Å². The van der Waals surface area contributed by atoms with Crippen molar-refractivity contribution < 1.29 is 9.72 Å². The Morgan fingerprint density at radius 3 is 2.50 bits per heavy atom. The fraction of sp³-hybridized carbons (Fsp3) is 0.0588. The monoisotopic (exact) mass is 339 g/mol. The maximum Gasteiger partial charge on any atom is 0.269 e. The summed E-state index contributed by atoms with van der Waals surface area (Å²) in [6, 6.07) is 15.6. The SMILES string of the molecule is O=C(Cc1ccccc1)Nc1nc(-c2ccc([N+](=O)[O-])cc2)cs1. The first-order valence-corrected chi connectivity index (χ1v) is 8.04.